The predicted octanol–water partition coefficient (Wildman–Crippen LogP) is 1.94. The molecule has 0 saturated carbocycles. The number of halogens is 2. The topological polar surface area (TPSA) is 60.8 Å². The summed E-state index contributed by atoms with van der Waals surface area (Å²) in [6.07, 6.45) is -1.20. The van der Waals surface area contributed by atoms with Crippen molar-refractivity contribution in [2.45, 2.75) is 12.3 Å². The lowest BCUT2D eigenvalue weighted by Crippen LogP contribution is -2.36. The largest absolute Gasteiger partial charge is 0.508 e. The van der Waals surface area contributed by atoms with Gasteiger partial charge < -0.3 is 15.1 Å². The average Bonchev–Trinajstić information content (AvgIpc) is 2.15. The van der Waals surface area contributed by atoms with E-state index in [0.29, 0.717) is 5.69 Å². The SMILES string of the molecule is CN(CC(F)(F)CC(=O)O)c1ccc(O)cc1. The molecule has 1 rings (SSSR count). The minimum Gasteiger partial charge on any atom is -0.508 e. The molecule has 1 aromatic carbocycles. The first kappa shape index (κ1) is 13.2. The molecular formula is C11H13F2NO3. The minimum atomic E-state index is -3.29. The van der Waals surface area contributed by atoms with E-state index in [1.165, 1.54) is 36.2 Å². The van der Waals surface area contributed by atoms with Crippen molar-refractivity contribution < 1.29 is 23.8 Å². The molecule has 0 radical (unpaired) electrons. The fourth-order valence-corrected chi connectivity index (χ4v) is 1.42. The number of phenols is 1. The van der Waals surface area contributed by atoms with Crippen LogP contribution in [0.3, 0.4) is 0 Å². The van der Waals surface area contributed by atoms with Gasteiger partial charge in [0.2, 0.25) is 0 Å². The van der Waals surface area contributed by atoms with Crippen LogP contribution in [0.5, 0.6) is 5.75 Å². The van der Waals surface area contributed by atoms with Crippen molar-refractivity contribution in [3.8, 4) is 5.75 Å². The number of rotatable bonds is 5. The molecule has 0 aliphatic rings. The number of anilines is 1. The van der Waals surface area contributed by atoms with Crippen LogP contribution in [0, 0.1) is 0 Å². The molecule has 2 N–H and O–H groups in total. The van der Waals surface area contributed by atoms with Crippen LogP contribution in [0.1, 0.15) is 6.42 Å². The van der Waals surface area contributed by atoms with Gasteiger partial charge in [-0.15, -0.1) is 0 Å². The van der Waals surface area contributed by atoms with Crippen LogP contribution in [0.25, 0.3) is 0 Å². The highest BCUT2D eigenvalue weighted by molar-refractivity contribution is 5.68. The fraction of sp³-hybridized carbons (Fsp3) is 0.364. The van der Waals surface area contributed by atoms with Gasteiger partial charge in [-0.05, 0) is 24.3 Å². The summed E-state index contributed by atoms with van der Waals surface area (Å²) in [5, 5.41) is 17.4. The lowest BCUT2D eigenvalue weighted by atomic mass is 10.2. The zero-order valence-corrected chi connectivity index (χ0v) is 9.23. The van der Waals surface area contributed by atoms with Crippen molar-refractivity contribution in [2.75, 3.05) is 18.5 Å². The van der Waals surface area contributed by atoms with Gasteiger partial charge in [0.05, 0.1) is 6.54 Å². The molecule has 0 aliphatic carbocycles. The summed E-state index contributed by atoms with van der Waals surface area (Å²) in [5.41, 5.74) is 0.480. The molecule has 0 atom stereocenters. The number of hydrogen-bond donors (Lipinski definition) is 2. The number of carboxylic acid groups (broad SMARTS) is 1. The first-order valence-electron chi connectivity index (χ1n) is 4.90. The molecule has 0 bridgehead atoms. The number of carboxylic acids is 1. The molecule has 0 unspecified atom stereocenters. The Morgan fingerprint density at radius 2 is 1.88 bits per heavy atom. The maximum Gasteiger partial charge on any atom is 0.309 e. The maximum absolute atomic E-state index is 13.2. The average molecular weight is 245 g/mol. The Morgan fingerprint density at radius 3 is 2.35 bits per heavy atom. The molecule has 0 spiro atoms. The molecule has 0 fully saturated rings. The van der Waals surface area contributed by atoms with Crippen molar-refractivity contribution in [1.29, 1.82) is 0 Å². The summed E-state index contributed by atoms with van der Waals surface area (Å²) in [6, 6.07) is 5.71. The highest BCUT2D eigenvalue weighted by Crippen LogP contribution is 2.24. The molecule has 0 amide bonds. The van der Waals surface area contributed by atoms with E-state index in [2.05, 4.69) is 0 Å². The Balaban J connectivity index is 2.68. The summed E-state index contributed by atoms with van der Waals surface area (Å²) in [7, 11) is 1.43. The Labute approximate surface area is 97.1 Å². The Morgan fingerprint density at radius 1 is 1.35 bits per heavy atom. The third-order valence-corrected chi connectivity index (χ3v) is 2.17. The van der Waals surface area contributed by atoms with Crippen LogP contribution in [0.4, 0.5) is 14.5 Å². The van der Waals surface area contributed by atoms with Gasteiger partial charge in [-0.3, -0.25) is 4.79 Å². The van der Waals surface area contributed by atoms with Crippen molar-refractivity contribution >= 4 is 11.7 Å². The standard InChI is InChI=1S/C11H13F2NO3/c1-14(7-11(12,13)6-10(16)17)8-2-4-9(15)5-3-8/h2-5,15H,6-7H2,1H3,(H,16,17). The zero-order chi connectivity index (χ0) is 13.1. The molecule has 0 heterocycles. The molecule has 0 saturated heterocycles. The second-order valence-electron chi connectivity index (χ2n) is 3.80. The van der Waals surface area contributed by atoms with E-state index in [1.54, 1.807) is 0 Å². The number of phenolic OH excluding ortho intramolecular Hbond substituents is 1. The Hall–Kier alpha value is -1.85. The molecule has 0 aliphatic heterocycles. The Kier molecular flexibility index (Phi) is 3.88. The van der Waals surface area contributed by atoms with Crippen LogP contribution in [0.15, 0.2) is 24.3 Å². The maximum atomic E-state index is 13.2. The summed E-state index contributed by atoms with van der Waals surface area (Å²) in [4.78, 5) is 11.5. The van der Waals surface area contributed by atoms with E-state index < -0.39 is 24.9 Å². The summed E-state index contributed by atoms with van der Waals surface area (Å²) >= 11 is 0. The number of alkyl halides is 2. The molecule has 0 aromatic heterocycles. The van der Waals surface area contributed by atoms with Crippen molar-refractivity contribution in [2.24, 2.45) is 0 Å². The fourth-order valence-electron chi connectivity index (χ4n) is 1.42. The second-order valence-corrected chi connectivity index (χ2v) is 3.80. The lowest BCUT2D eigenvalue weighted by Gasteiger charge is -2.24. The number of aliphatic carboxylic acids is 1. The molecule has 6 heteroatoms. The first-order chi connectivity index (χ1) is 7.80. The van der Waals surface area contributed by atoms with E-state index in [0.717, 1.165) is 0 Å². The van der Waals surface area contributed by atoms with E-state index in [9.17, 15) is 13.6 Å². The Bertz CT molecular complexity index is 392. The molecule has 94 valence electrons. The van der Waals surface area contributed by atoms with Crippen molar-refractivity contribution in [1.82, 2.24) is 0 Å². The van der Waals surface area contributed by atoms with Gasteiger partial charge in [-0.1, -0.05) is 0 Å². The van der Waals surface area contributed by atoms with Crippen LogP contribution in [-0.2, 0) is 4.79 Å². The van der Waals surface area contributed by atoms with E-state index >= 15 is 0 Å². The van der Waals surface area contributed by atoms with Crippen LogP contribution in [0.2, 0.25) is 0 Å². The molecule has 17 heavy (non-hydrogen) atoms. The van der Waals surface area contributed by atoms with Gasteiger partial charge in [-0.2, -0.15) is 0 Å². The predicted molar refractivity (Wildman–Crippen MR) is 58.6 cm³/mol. The molecular weight excluding hydrogens is 232 g/mol. The highest BCUT2D eigenvalue weighted by atomic mass is 19.3. The van der Waals surface area contributed by atoms with E-state index in [1.807, 2.05) is 0 Å². The van der Waals surface area contributed by atoms with Crippen LogP contribution in [-0.4, -0.2) is 35.7 Å². The number of nitrogens with zero attached hydrogens (tertiary/aromatic N) is 1. The van der Waals surface area contributed by atoms with Gasteiger partial charge in [0, 0.05) is 12.7 Å². The van der Waals surface area contributed by atoms with Gasteiger partial charge in [-0.25, -0.2) is 8.78 Å². The molecule has 1 aromatic rings. The summed E-state index contributed by atoms with van der Waals surface area (Å²) in [5.74, 6) is -4.79. The van der Waals surface area contributed by atoms with Crippen LogP contribution >= 0.6 is 0 Å². The lowest BCUT2D eigenvalue weighted by molar-refractivity contribution is -0.144. The normalized spacial score (nSPS) is 11.2. The third-order valence-electron chi connectivity index (χ3n) is 2.17. The number of carbonyl (C=O) groups is 1. The van der Waals surface area contributed by atoms with Gasteiger partial charge in [0.15, 0.2) is 0 Å². The van der Waals surface area contributed by atoms with E-state index in [4.69, 9.17) is 10.2 Å². The summed E-state index contributed by atoms with van der Waals surface area (Å²) in [6.45, 7) is -0.690. The van der Waals surface area contributed by atoms with Gasteiger partial charge in [0.25, 0.3) is 5.92 Å². The number of benzene rings is 1. The van der Waals surface area contributed by atoms with Crippen molar-refractivity contribution in [3.05, 3.63) is 24.3 Å². The van der Waals surface area contributed by atoms with Gasteiger partial charge in [0.1, 0.15) is 12.2 Å². The number of aromatic hydroxyl groups is 1. The van der Waals surface area contributed by atoms with Gasteiger partial charge >= 0.3 is 5.97 Å². The third kappa shape index (κ3) is 4.26. The minimum absolute atomic E-state index is 0.0412. The van der Waals surface area contributed by atoms with Crippen molar-refractivity contribution in [3.63, 3.8) is 0 Å². The monoisotopic (exact) mass is 245 g/mol. The van der Waals surface area contributed by atoms with Crippen LogP contribution < -0.4 is 4.90 Å². The summed E-state index contributed by atoms with van der Waals surface area (Å²) < 4.78 is 26.4. The first-order valence-corrected chi connectivity index (χ1v) is 4.90. The zero-order valence-electron chi connectivity index (χ0n) is 9.23. The molecule has 4 nitrogen and oxygen atoms in total. The number of hydrogen-bond acceptors (Lipinski definition) is 3. The second kappa shape index (κ2) is 4.99. The smallest absolute Gasteiger partial charge is 0.309 e. The quantitative estimate of drug-likeness (QED) is 0.832. The van der Waals surface area contributed by atoms with E-state index in [-0.39, 0.29) is 5.75 Å². The highest BCUT2D eigenvalue weighted by Gasteiger charge is 2.33.